The molecule has 1 aliphatic heterocycles. The molecule has 3 atom stereocenters. The lowest BCUT2D eigenvalue weighted by Crippen LogP contribution is -2.43. The predicted octanol–water partition coefficient (Wildman–Crippen LogP) is 1.58. The van der Waals surface area contributed by atoms with Crippen molar-refractivity contribution in [1.29, 1.82) is 0 Å². The first-order valence-electron chi connectivity index (χ1n) is 5.65. The number of esters is 1. The van der Waals surface area contributed by atoms with Gasteiger partial charge < -0.3 is 9.47 Å². The number of hydrogen-bond acceptors (Lipinski definition) is 4. The molecule has 5 nitrogen and oxygen atoms in total. The molecule has 1 fully saturated rings. The maximum absolute atomic E-state index is 11.6. The van der Waals surface area contributed by atoms with Gasteiger partial charge in [0.1, 0.15) is 6.10 Å². The summed E-state index contributed by atoms with van der Waals surface area (Å²) in [5, 5.41) is 0. The average Bonchev–Trinajstić information content (AvgIpc) is 2.62. The van der Waals surface area contributed by atoms with Gasteiger partial charge >= 0.3 is 12.1 Å². The van der Waals surface area contributed by atoms with E-state index in [2.05, 4.69) is 0 Å². The fourth-order valence-electron chi connectivity index (χ4n) is 1.92. The summed E-state index contributed by atoms with van der Waals surface area (Å²) in [6, 6.07) is -0.646. The lowest BCUT2D eigenvalue weighted by Gasteiger charge is -2.22. The Balaban J connectivity index is 2.81. The van der Waals surface area contributed by atoms with Crippen LogP contribution in [0.4, 0.5) is 4.79 Å². The van der Waals surface area contributed by atoms with E-state index in [0.29, 0.717) is 0 Å². The number of rotatable bonds is 4. The molecule has 1 heterocycles. The summed E-state index contributed by atoms with van der Waals surface area (Å²) < 4.78 is 9.93. The molecule has 1 aliphatic rings. The van der Waals surface area contributed by atoms with Crippen molar-refractivity contribution in [3.8, 4) is 0 Å². The number of hydrogen-bond donors (Lipinski definition) is 0. The molecule has 0 aromatic heterocycles. The van der Waals surface area contributed by atoms with Gasteiger partial charge in [-0.25, -0.2) is 9.59 Å². The summed E-state index contributed by atoms with van der Waals surface area (Å²) in [6.45, 7) is 3.88. The molecule has 0 saturated carbocycles. The molecule has 96 valence electrons. The quantitative estimate of drug-likeness (QED) is 0.554. The zero-order valence-corrected chi connectivity index (χ0v) is 10.7. The van der Waals surface area contributed by atoms with Crippen LogP contribution in [-0.2, 0) is 14.3 Å². The normalized spacial score (nSPS) is 26.1. The second-order valence-corrected chi connectivity index (χ2v) is 4.21. The van der Waals surface area contributed by atoms with Crippen LogP contribution in [-0.4, -0.2) is 43.3 Å². The van der Waals surface area contributed by atoms with Gasteiger partial charge in [-0.3, -0.25) is 4.90 Å². The monoisotopic (exact) mass is 241 g/mol. The minimum absolute atomic E-state index is 0.0733. The van der Waals surface area contributed by atoms with Gasteiger partial charge in [-0.15, -0.1) is 0 Å². The van der Waals surface area contributed by atoms with E-state index in [1.54, 1.807) is 7.05 Å². The van der Waals surface area contributed by atoms with Crippen molar-refractivity contribution in [2.75, 3.05) is 14.2 Å². The molecule has 0 radical (unpaired) electrons. The fourth-order valence-corrected chi connectivity index (χ4v) is 1.92. The number of methoxy groups -OCH3 is 1. The van der Waals surface area contributed by atoms with Crippen molar-refractivity contribution in [1.82, 2.24) is 4.90 Å². The van der Waals surface area contributed by atoms with Gasteiger partial charge in [-0.1, -0.05) is 19.1 Å². The van der Waals surface area contributed by atoms with Crippen molar-refractivity contribution in [2.24, 2.45) is 5.92 Å². The second-order valence-electron chi connectivity index (χ2n) is 4.21. The van der Waals surface area contributed by atoms with E-state index in [1.165, 1.54) is 12.0 Å². The van der Waals surface area contributed by atoms with Crippen LogP contribution in [0.25, 0.3) is 0 Å². The molecule has 0 aromatic rings. The van der Waals surface area contributed by atoms with Crippen LogP contribution in [0.1, 0.15) is 20.3 Å². The average molecular weight is 241 g/mol. The van der Waals surface area contributed by atoms with Crippen molar-refractivity contribution in [2.45, 2.75) is 32.4 Å². The van der Waals surface area contributed by atoms with E-state index in [0.717, 1.165) is 6.42 Å². The van der Waals surface area contributed by atoms with Gasteiger partial charge in [0.15, 0.2) is 6.04 Å². The first-order chi connectivity index (χ1) is 8.02. The number of cyclic esters (lactones) is 1. The van der Waals surface area contributed by atoms with Crippen molar-refractivity contribution in [3.05, 3.63) is 12.2 Å². The van der Waals surface area contributed by atoms with E-state index in [4.69, 9.17) is 9.47 Å². The van der Waals surface area contributed by atoms with Gasteiger partial charge in [-0.05, 0) is 19.3 Å². The predicted molar refractivity (Wildman–Crippen MR) is 62.4 cm³/mol. The highest BCUT2D eigenvalue weighted by molar-refractivity contribution is 5.84. The Hall–Kier alpha value is -1.52. The first-order valence-corrected chi connectivity index (χ1v) is 5.65. The molecular formula is C12H19NO4. The standard InChI is InChI=1S/C12H19NO4/c1-5-6-7-8(2)10-9(11(14)16-4)13(3)12(15)17-10/h5-6,8-10H,7H2,1-4H3/b6-5+/t8-,9-,10+/m0/s1. The molecule has 0 spiro atoms. The molecule has 17 heavy (non-hydrogen) atoms. The van der Waals surface area contributed by atoms with E-state index >= 15 is 0 Å². The smallest absolute Gasteiger partial charge is 0.410 e. The summed E-state index contributed by atoms with van der Waals surface area (Å²) in [5.74, 6) is -0.361. The number of ether oxygens (including phenoxy) is 2. The summed E-state index contributed by atoms with van der Waals surface area (Å²) in [5.41, 5.74) is 0. The largest absolute Gasteiger partial charge is 0.467 e. The van der Waals surface area contributed by atoms with E-state index < -0.39 is 24.2 Å². The van der Waals surface area contributed by atoms with Crippen molar-refractivity contribution < 1.29 is 19.1 Å². The third-order valence-corrected chi connectivity index (χ3v) is 3.00. The Morgan fingerprint density at radius 2 is 2.29 bits per heavy atom. The lowest BCUT2D eigenvalue weighted by molar-refractivity contribution is -0.146. The van der Waals surface area contributed by atoms with Crippen LogP contribution in [0, 0.1) is 5.92 Å². The Kier molecular flexibility index (Phi) is 4.54. The molecule has 1 saturated heterocycles. The summed E-state index contributed by atoms with van der Waals surface area (Å²) in [7, 11) is 2.86. The van der Waals surface area contributed by atoms with Gasteiger partial charge in [0, 0.05) is 7.05 Å². The zero-order chi connectivity index (χ0) is 13.0. The van der Waals surface area contributed by atoms with Crippen molar-refractivity contribution >= 4 is 12.1 Å². The molecule has 0 aromatic carbocycles. The van der Waals surface area contributed by atoms with E-state index in [-0.39, 0.29) is 5.92 Å². The van der Waals surface area contributed by atoms with Gasteiger partial charge in [0.25, 0.3) is 0 Å². The van der Waals surface area contributed by atoms with Crippen molar-refractivity contribution in [3.63, 3.8) is 0 Å². The van der Waals surface area contributed by atoms with Gasteiger partial charge in [0.2, 0.25) is 0 Å². The highest BCUT2D eigenvalue weighted by Crippen LogP contribution is 2.26. The maximum atomic E-state index is 11.6. The Morgan fingerprint density at radius 1 is 1.65 bits per heavy atom. The zero-order valence-electron chi connectivity index (χ0n) is 10.7. The Morgan fingerprint density at radius 3 is 2.82 bits per heavy atom. The summed E-state index contributed by atoms with van der Waals surface area (Å²) in [6.07, 6.45) is 3.76. The maximum Gasteiger partial charge on any atom is 0.410 e. The Bertz CT molecular complexity index is 326. The fraction of sp³-hybridized carbons (Fsp3) is 0.667. The molecule has 0 N–H and O–H groups in total. The number of nitrogens with zero attached hydrogens (tertiary/aromatic N) is 1. The molecule has 1 amide bonds. The van der Waals surface area contributed by atoms with E-state index in [9.17, 15) is 9.59 Å². The molecule has 0 unspecified atom stereocenters. The summed E-state index contributed by atoms with van der Waals surface area (Å²) >= 11 is 0. The number of likely N-dealkylation sites (N-methyl/N-ethyl adjacent to an activating group) is 1. The topological polar surface area (TPSA) is 55.8 Å². The van der Waals surface area contributed by atoms with Crippen LogP contribution in [0.3, 0.4) is 0 Å². The Labute approximate surface area is 101 Å². The minimum Gasteiger partial charge on any atom is -0.467 e. The molecule has 0 bridgehead atoms. The number of carbonyl (C=O) groups excluding carboxylic acids is 2. The highest BCUT2D eigenvalue weighted by atomic mass is 16.6. The van der Waals surface area contributed by atoms with Gasteiger partial charge in [0.05, 0.1) is 7.11 Å². The van der Waals surface area contributed by atoms with Crippen LogP contribution < -0.4 is 0 Å². The number of amides is 1. The highest BCUT2D eigenvalue weighted by Gasteiger charge is 2.47. The van der Waals surface area contributed by atoms with Crippen LogP contribution >= 0.6 is 0 Å². The number of carbonyl (C=O) groups is 2. The summed E-state index contributed by atoms with van der Waals surface area (Å²) in [4.78, 5) is 24.4. The van der Waals surface area contributed by atoms with E-state index in [1.807, 2.05) is 26.0 Å². The second kappa shape index (κ2) is 5.70. The first kappa shape index (κ1) is 13.5. The molecule has 0 aliphatic carbocycles. The third kappa shape index (κ3) is 2.78. The number of allylic oxidation sites excluding steroid dienone is 2. The van der Waals surface area contributed by atoms with Crippen LogP contribution in [0.2, 0.25) is 0 Å². The third-order valence-electron chi connectivity index (χ3n) is 3.00. The van der Waals surface area contributed by atoms with Gasteiger partial charge in [-0.2, -0.15) is 0 Å². The molecule has 1 rings (SSSR count). The van der Waals surface area contributed by atoms with Crippen LogP contribution in [0.5, 0.6) is 0 Å². The lowest BCUT2D eigenvalue weighted by atomic mass is 9.94. The SMILES string of the molecule is C/C=C/C[C@H](C)[C@H]1OC(=O)N(C)[C@@H]1C(=O)OC. The minimum atomic E-state index is -0.646. The molecule has 5 heteroatoms. The van der Waals surface area contributed by atoms with Crippen LogP contribution in [0.15, 0.2) is 12.2 Å². The molecular weight excluding hydrogens is 222 g/mol.